The number of ketones is 1. The van der Waals surface area contributed by atoms with E-state index in [1.54, 1.807) is 30.7 Å². The van der Waals surface area contributed by atoms with Crippen LogP contribution in [0.2, 0.25) is 0 Å². The van der Waals surface area contributed by atoms with Gasteiger partial charge in [0.25, 0.3) is 5.69 Å². The van der Waals surface area contributed by atoms with E-state index in [0.717, 1.165) is 16.6 Å². The number of anilines is 1. The van der Waals surface area contributed by atoms with Gasteiger partial charge in [0.2, 0.25) is 5.78 Å². The highest BCUT2D eigenvalue weighted by Crippen LogP contribution is 2.28. The molecule has 1 N–H and O–H groups in total. The van der Waals surface area contributed by atoms with Crippen molar-refractivity contribution in [2.75, 3.05) is 12.5 Å². The van der Waals surface area contributed by atoms with E-state index in [-0.39, 0.29) is 22.7 Å². The van der Waals surface area contributed by atoms with E-state index in [1.807, 2.05) is 55.5 Å². The summed E-state index contributed by atoms with van der Waals surface area (Å²) in [6.07, 6.45) is 1.80. The molecule has 0 radical (unpaired) electrons. The Morgan fingerprint density at radius 3 is 2.64 bits per heavy atom. The van der Waals surface area contributed by atoms with Gasteiger partial charge in [-0.15, -0.1) is 0 Å². The van der Waals surface area contributed by atoms with E-state index in [0.29, 0.717) is 17.2 Å². The summed E-state index contributed by atoms with van der Waals surface area (Å²) in [7, 11) is 1.58. The van der Waals surface area contributed by atoms with Crippen molar-refractivity contribution in [1.29, 1.82) is 0 Å². The van der Waals surface area contributed by atoms with E-state index in [1.165, 1.54) is 12.1 Å². The molecule has 0 fully saturated rings. The minimum absolute atomic E-state index is 0.190. The number of fused-ring (bicyclic) bond motifs is 1. The van der Waals surface area contributed by atoms with Crippen LogP contribution in [0.25, 0.3) is 5.52 Å². The summed E-state index contributed by atoms with van der Waals surface area (Å²) < 4.78 is 7.01. The average Bonchev–Trinajstić information content (AvgIpc) is 3.17. The van der Waals surface area contributed by atoms with Gasteiger partial charge in [0, 0.05) is 28.9 Å². The Labute approximate surface area is 190 Å². The van der Waals surface area contributed by atoms with Gasteiger partial charge < -0.3 is 9.14 Å². The highest BCUT2D eigenvalue weighted by molar-refractivity contribution is 6.10. The highest BCUT2D eigenvalue weighted by Gasteiger charge is 2.22. The predicted molar refractivity (Wildman–Crippen MR) is 127 cm³/mol. The molecule has 166 valence electrons. The molecule has 0 amide bonds. The van der Waals surface area contributed by atoms with Crippen molar-refractivity contribution in [2.45, 2.75) is 13.8 Å². The van der Waals surface area contributed by atoms with Gasteiger partial charge in [0.1, 0.15) is 11.4 Å². The second kappa shape index (κ2) is 8.96. The number of benzene rings is 2. The number of nitro benzene ring substituents is 1. The van der Waals surface area contributed by atoms with Crippen LogP contribution in [0.4, 0.5) is 11.4 Å². The molecule has 4 rings (SSSR count). The zero-order valence-electron chi connectivity index (χ0n) is 18.4. The molecule has 2 heterocycles. The van der Waals surface area contributed by atoms with Crippen LogP contribution in [0.3, 0.4) is 0 Å². The van der Waals surface area contributed by atoms with Crippen molar-refractivity contribution in [3.05, 3.63) is 105 Å². The Balaban J connectivity index is 1.66. The largest absolute Gasteiger partial charge is 0.497 e. The van der Waals surface area contributed by atoms with Gasteiger partial charge in [-0.25, -0.2) is 0 Å². The number of hydrogen-bond donors (Lipinski definition) is 1. The maximum atomic E-state index is 13.2. The quantitative estimate of drug-likeness (QED) is 0.183. The fourth-order valence-electron chi connectivity index (χ4n) is 3.66. The van der Waals surface area contributed by atoms with Crippen molar-refractivity contribution in [3.63, 3.8) is 0 Å². The smallest absolute Gasteiger partial charge is 0.294 e. The number of carbonyl (C=O) groups excluding carboxylic acids is 1. The molecule has 0 aliphatic heterocycles. The van der Waals surface area contributed by atoms with Crippen LogP contribution in [0.1, 0.15) is 34.1 Å². The van der Waals surface area contributed by atoms with Crippen molar-refractivity contribution >= 4 is 28.4 Å². The van der Waals surface area contributed by atoms with E-state index < -0.39 is 4.92 Å². The first-order chi connectivity index (χ1) is 15.9. The molecule has 0 unspecified atom stereocenters. The summed E-state index contributed by atoms with van der Waals surface area (Å²) >= 11 is 0. The number of aryl methyl sites for hydroxylation is 1. The van der Waals surface area contributed by atoms with Gasteiger partial charge in [0.15, 0.2) is 0 Å². The first-order valence-electron chi connectivity index (χ1n) is 10.2. The van der Waals surface area contributed by atoms with Gasteiger partial charge in [0.05, 0.1) is 23.4 Å². The van der Waals surface area contributed by atoms with E-state index in [4.69, 9.17) is 4.74 Å². The SMILES string of the molecule is COc1cccc(/C(C)=N/Nc2ccc(C(=O)c3c(C)cc4ccccn34)cc2[N+](=O)[O-])c1. The summed E-state index contributed by atoms with van der Waals surface area (Å²) in [4.78, 5) is 24.5. The molecule has 2 aromatic carbocycles. The highest BCUT2D eigenvalue weighted by atomic mass is 16.6. The van der Waals surface area contributed by atoms with Gasteiger partial charge in [-0.2, -0.15) is 5.10 Å². The van der Waals surface area contributed by atoms with Crippen LogP contribution >= 0.6 is 0 Å². The number of aromatic nitrogens is 1. The molecule has 33 heavy (non-hydrogen) atoms. The summed E-state index contributed by atoms with van der Waals surface area (Å²) in [5.41, 5.74) is 6.54. The molecule has 8 nitrogen and oxygen atoms in total. The van der Waals surface area contributed by atoms with E-state index in [9.17, 15) is 14.9 Å². The van der Waals surface area contributed by atoms with E-state index >= 15 is 0 Å². The molecule has 2 aromatic heterocycles. The van der Waals surface area contributed by atoms with Crippen LogP contribution in [0, 0.1) is 17.0 Å². The molecule has 0 aliphatic rings. The Morgan fingerprint density at radius 1 is 1.06 bits per heavy atom. The third-order valence-corrected chi connectivity index (χ3v) is 5.37. The van der Waals surface area contributed by atoms with Crippen LogP contribution in [-0.4, -0.2) is 27.9 Å². The second-order valence-electron chi connectivity index (χ2n) is 7.53. The second-order valence-corrected chi connectivity index (χ2v) is 7.53. The number of ether oxygens (including phenoxy) is 1. The molecule has 8 heteroatoms. The maximum absolute atomic E-state index is 13.2. The van der Waals surface area contributed by atoms with Crippen molar-refractivity contribution in [2.24, 2.45) is 5.10 Å². The van der Waals surface area contributed by atoms with Crippen molar-refractivity contribution in [3.8, 4) is 5.75 Å². The number of nitrogens with one attached hydrogen (secondary N) is 1. The van der Waals surface area contributed by atoms with Gasteiger partial charge in [-0.05, 0) is 61.9 Å². The van der Waals surface area contributed by atoms with E-state index in [2.05, 4.69) is 10.5 Å². The molecule has 0 saturated carbocycles. The number of methoxy groups -OCH3 is 1. The first kappa shape index (κ1) is 21.8. The topological polar surface area (TPSA) is 98.2 Å². The van der Waals surface area contributed by atoms with Crippen LogP contribution in [0.5, 0.6) is 5.75 Å². The monoisotopic (exact) mass is 442 g/mol. The average molecular weight is 442 g/mol. The lowest BCUT2D eigenvalue weighted by molar-refractivity contribution is -0.384. The lowest BCUT2D eigenvalue weighted by Crippen LogP contribution is -2.08. The summed E-state index contributed by atoms with van der Waals surface area (Å²) in [6.45, 7) is 3.63. The molecular formula is C25H22N4O4. The van der Waals surface area contributed by atoms with Gasteiger partial charge in [-0.3, -0.25) is 20.3 Å². The number of pyridine rings is 1. The third kappa shape index (κ3) is 4.31. The summed E-state index contributed by atoms with van der Waals surface area (Å²) in [5.74, 6) is 0.397. The lowest BCUT2D eigenvalue weighted by atomic mass is 10.0. The summed E-state index contributed by atoms with van der Waals surface area (Å²) in [6, 6.07) is 19.2. The fourth-order valence-corrected chi connectivity index (χ4v) is 3.66. The Bertz CT molecular complexity index is 1400. The molecule has 0 bridgehead atoms. The van der Waals surface area contributed by atoms with Gasteiger partial charge >= 0.3 is 0 Å². The zero-order valence-corrected chi connectivity index (χ0v) is 18.4. The fraction of sp³-hybridized carbons (Fsp3) is 0.120. The van der Waals surface area contributed by atoms with Gasteiger partial charge in [-0.1, -0.05) is 18.2 Å². The third-order valence-electron chi connectivity index (χ3n) is 5.37. The number of nitro groups is 1. The summed E-state index contributed by atoms with van der Waals surface area (Å²) in [5, 5.41) is 16.0. The molecule has 0 spiro atoms. The number of hydrazone groups is 1. The standard InChI is InChI=1S/C25H22N4O4/c1-16-13-20-8-4-5-12-28(20)24(16)25(30)19-10-11-22(23(15-19)29(31)32)27-26-17(2)18-7-6-9-21(14-18)33-3/h4-15,27H,1-3H3/b26-17+. The van der Waals surface area contributed by atoms with Crippen molar-refractivity contribution < 1.29 is 14.5 Å². The molecule has 0 aliphatic carbocycles. The minimum atomic E-state index is -0.529. The molecule has 0 saturated heterocycles. The van der Waals surface area contributed by atoms with Crippen molar-refractivity contribution in [1.82, 2.24) is 4.40 Å². The maximum Gasteiger partial charge on any atom is 0.294 e. The number of rotatable bonds is 7. The lowest BCUT2D eigenvalue weighted by Gasteiger charge is -2.08. The molecule has 0 atom stereocenters. The Hall–Kier alpha value is -4.46. The number of carbonyl (C=O) groups is 1. The van der Waals surface area contributed by atoms with Crippen LogP contribution in [-0.2, 0) is 0 Å². The minimum Gasteiger partial charge on any atom is -0.497 e. The molecular weight excluding hydrogens is 420 g/mol. The first-order valence-corrected chi connectivity index (χ1v) is 10.2. The normalized spacial score (nSPS) is 11.4. The Kier molecular flexibility index (Phi) is 5.91. The zero-order chi connectivity index (χ0) is 23.5. The van der Waals surface area contributed by atoms with Crippen LogP contribution in [0.15, 0.2) is 78.0 Å². The number of hydrogen-bond acceptors (Lipinski definition) is 6. The molecule has 4 aromatic rings. The predicted octanol–water partition coefficient (Wildman–Crippen LogP) is 5.23. The van der Waals surface area contributed by atoms with Crippen LogP contribution < -0.4 is 10.2 Å². The Morgan fingerprint density at radius 2 is 1.88 bits per heavy atom. The number of nitrogens with zero attached hydrogens (tertiary/aromatic N) is 3.